The number of anilines is 1. The van der Waals surface area contributed by atoms with Gasteiger partial charge in [-0.2, -0.15) is 0 Å². The molecule has 1 heterocycles. The third-order valence-corrected chi connectivity index (χ3v) is 3.18. The molecule has 2 rings (SSSR count). The Morgan fingerprint density at radius 3 is 2.59 bits per heavy atom. The summed E-state index contributed by atoms with van der Waals surface area (Å²) >= 11 is 0. The molecule has 0 spiro atoms. The zero-order chi connectivity index (χ0) is 12.6. The van der Waals surface area contributed by atoms with Crippen LogP contribution in [0.25, 0.3) is 0 Å². The molecule has 0 aliphatic carbocycles. The quantitative estimate of drug-likeness (QED) is 0.577. The summed E-state index contributed by atoms with van der Waals surface area (Å²) in [7, 11) is 0. The molecule has 0 unspecified atom stereocenters. The normalized spacial score (nSPS) is 14.9. The fraction of sp³-hybridized carbons (Fsp3) is 0.286. The maximum atomic E-state index is 11.9. The predicted molar refractivity (Wildman–Crippen MR) is 67.4 cm³/mol. The first-order valence-electron chi connectivity index (χ1n) is 5.65. The van der Waals surface area contributed by atoms with Crippen LogP contribution < -0.4 is 4.90 Å². The van der Waals surface area contributed by atoms with E-state index >= 15 is 0 Å². The molecule has 0 aromatic heterocycles. The SMILES string of the molecule is C/C=C/CN1C(=O)C(=O)c2ccc(C)c(C)c21. The van der Waals surface area contributed by atoms with Gasteiger partial charge in [0, 0.05) is 6.54 Å². The summed E-state index contributed by atoms with van der Waals surface area (Å²) in [6, 6.07) is 3.63. The molecule has 3 heteroatoms. The smallest absolute Gasteiger partial charge is 0.299 e. The van der Waals surface area contributed by atoms with E-state index in [9.17, 15) is 9.59 Å². The van der Waals surface area contributed by atoms with Gasteiger partial charge in [-0.3, -0.25) is 9.59 Å². The van der Waals surface area contributed by atoms with E-state index in [1.165, 1.54) is 0 Å². The van der Waals surface area contributed by atoms with Gasteiger partial charge in [0.2, 0.25) is 0 Å². The van der Waals surface area contributed by atoms with Gasteiger partial charge in [-0.05, 0) is 38.0 Å². The van der Waals surface area contributed by atoms with E-state index in [1.54, 1.807) is 11.0 Å². The van der Waals surface area contributed by atoms with Crippen molar-refractivity contribution in [3.8, 4) is 0 Å². The van der Waals surface area contributed by atoms with E-state index in [4.69, 9.17) is 0 Å². The topological polar surface area (TPSA) is 37.4 Å². The molecule has 0 atom stereocenters. The Labute approximate surface area is 101 Å². The first kappa shape index (κ1) is 11.6. The highest BCUT2D eigenvalue weighted by atomic mass is 16.2. The van der Waals surface area contributed by atoms with Gasteiger partial charge in [0.05, 0.1) is 11.3 Å². The molecular formula is C14H15NO2. The first-order chi connectivity index (χ1) is 8.07. The Morgan fingerprint density at radius 1 is 1.24 bits per heavy atom. The summed E-state index contributed by atoms with van der Waals surface area (Å²) in [5, 5.41) is 0. The lowest BCUT2D eigenvalue weighted by atomic mass is 10.0. The fourth-order valence-corrected chi connectivity index (χ4v) is 2.06. The third kappa shape index (κ3) is 1.68. The number of carbonyl (C=O) groups excluding carboxylic acids is 2. The van der Waals surface area contributed by atoms with Crippen LogP contribution >= 0.6 is 0 Å². The van der Waals surface area contributed by atoms with Crippen molar-refractivity contribution in [2.75, 3.05) is 11.4 Å². The Hall–Kier alpha value is -1.90. The number of ketones is 1. The summed E-state index contributed by atoms with van der Waals surface area (Å²) in [5.41, 5.74) is 3.41. The van der Waals surface area contributed by atoms with Crippen LogP contribution in [0.4, 0.5) is 5.69 Å². The van der Waals surface area contributed by atoms with Crippen LogP contribution in [-0.4, -0.2) is 18.2 Å². The van der Waals surface area contributed by atoms with Crippen molar-refractivity contribution in [3.05, 3.63) is 41.0 Å². The molecule has 1 amide bonds. The summed E-state index contributed by atoms with van der Waals surface area (Å²) in [4.78, 5) is 25.2. The van der Waals surface area contributed by atoms with E-state index in [2.05, 4.69) is 0 Å². The lowest BCUT2D eigenvalue weighted by molar-refractivity contribution is -0.114. The van der Waals surface area contributed by atoms with E-state index in [0.29, 0.717) is 12.1 Å². The Balaban J connectivity index is 2.57. The number of aryl methyl sites for hydroxylation is 1. The van der Waals surface area contributed by atoms with E-state index in [1.807, 2.05) is 39.0 Å². The van der Waals surface area contributed by atoms with Crippen molar-refractivity contribution in [2.24, 2.45) is 0 Å². The van der Waals surface area contributed by atoms with Gasteiger partial charge >= 0.3 is 0 Å². The maximum absolute atomic E-state index is 11.9. The molecule has 88 valence electrons. The third-order valence-electron chi connectivity index (χ3n) is 3.18. The number of benzene rings is 1. The zero-order valence-electron chi connectivity index (χ0n) is 10.3. The van der Waals surface area contributed by atoms with Crippen molar-refractivity contribution in [3.63, 3.8) is 0 Å². The number of rotatable bonds is 2. The van der Waals surface area contributed by atoms with Crippen molar-refractivity contribution < 1.29 is 9.59 Å². The number of Topliss-reactive ketones (excluding diaryl/α,β-unsaturated/α-hetero) is 1. The number of carbonyl (C=O) groups is 2. The molecule has 0 bridgehead atoms. The van der Waals surface area contributed by atoms with Crippen molar-refractivity contribution in [2.45, 2.75) is 20.8 Å². The van der Waals surface area contributed by atoms with Crippen LogP contribution in [0.15, 0.2) is 24.3 Å². The molecule has 0 saturated heterocycles. The van der Waals surface area contributed by atoms with Crippen LogP contribution in [-0.2, 0) is 4.79 Å². The van der Waals surface area contributed by atoms with Gasteiger partial charge in [0.25, 0.3) is 11.7 Å². The number of nitrogens with zero attached hydrogens (tertiary/aromatic N) is 1. The van der Waals surface area contributed by atoms with Crippen LogP contribution in [0.2, 0.25) is 0 Å². The minimum atomic E-state index is -0.424. The highest BCUT2D eigenvalue weighted by molar-refractivity contribution is 6.52. The number of amides is 1. The van der Waals surface area contributed by atoms with Crippen molar-refractivity contribution in [1.82, 2.24) is 0 Å². The lowest BCUT2D eigenvalue weighted by Gasteiger charge is -2.17. The molecular weight excluding hydrogens is 214 g/mol. The van der Waals surface area contributed by atoms with E-state index < -0.39 is 11.7 Å². The van der Waals surface area contributed by atoms with E-state index in [0.717, 1.165) is 16.8 Å². The molecule has 17 heavy (non-hydrogen) atoms. The van der Waals surface area contributed by atoms with Gasteiger partial charge < -0.3 is 4.90 Å². The number of allylic oxidation sites excluding steroid dienone is 1. The van der Waals surface area contributed by atoms with Gasteiger partial charge in [-0.25, -0.2) is 0 Å². The number of fused-ring (bicyclic) bond motifs is 1. The molecule has 0 fully saturated rings. The first-order valence-corrected chi connectivity index (χ1v) is 5.65. The minimum Gasteiger partial charge on any atom is -0.301 e. The maximum Gasteiger partial charge on any atom is 0.299 e. The van der Waals surface area contributed by atoms with Crippen molar-refractivity contribution in [1.29, 1.82) is 0 Å². The second kappa shape index (κ2) is 4.17. The second-order valence-electron chi connectivity index (χ2n) is 4.22. The standard InChI is InChI=1S/C14H15NO2/c1-4-5-8-15-12-10(3)9(2)6-7-11(12)13(16)14(15)17/h4-7H,8H2,1-3H3/b5-4+. The highest BCUT2D eigenvalue weighted by Crippen LogP contribution is 2.33. The number of hydrogen-bond donors (Lipinski definition) is 0. The molecule has 3 nitrogen and oxygen atoms in total. The Morgan fingerprint density at radius 2 is 1.94 bits per heavy atom. The van der Waals surface area contributed by atoms with Crippen LogP contribution in [0.3, 0.4) is 0 Å². The van der Waals surface area contributed by atoms with Gasteiger partial charge in [0.15, 0.2) is 0 Å². The average Bonchev–Trinajstić information content (AvgIpc) is 2.56. The average molecular weight is 229 g/mol. The monoisotopic (exact) mass is 229 g/mol. The molecule has 1 aromatic rings. The van der Waals surface area contributed by atoms with Crippen LogP contribution in [0.1, 0.15) is 28.4 Å². The second-order valence-corrected chi connectivity index (χ2v) is 4.22. The van der Waals surface area contributed by atoms with Gasteiger partial charge in [-0.15, -0.1) is 0 Å². The van der Waals surface area contributed by atoms with E-state index in [-0.39, 0.29) is 0 Å². The summed E-state index contributed by atoms with van der Waals surface area (Å²) in [6.07, 6.45) is 3.75. The summed E-state index contributed by atoms with van der Waals surface area (Å²) in [6.45, 7) is 6.28. The van der Waals surface area contributed by atoms with Gasteiger partial charge in [0.1, 0.15) is 0 Å². The Kier molecular flexibility index (Phi) is 2.84. The Bertz CT molecular complexity index is 529. The lowest BCUT2D eigenvalue weighted by Crippen LogP contribution is -2.30. The molecule has 0 saturated carbocycles. The molecule has 1 aromatic carbocycles. The zero-order valence-corrected chi connectivity index (χ0v) is 10.3. The largest absolute Gasteiger partial charge is 0.301 e. The van der Waals surface area contributed by atoms with Crippen molar-refractivity contribution >= 4 is 17.4 Å². The minimum absolute atomic E-state index is 0.396. The number of hydrogen-bond acceptors (Lipinski definition) is 2. The summed E-state index contributed by atoms with van der Waals surface area (Å²) < 4.78 is 0. The molecule has 1 aliphatic rings. The fourth-order valence-electron chi connectivity index (χ4n) is 2.06. The molecule has 0 radical (unpaired) electrons. The van der Waals surface area contributed by atoms with Gasteiger partial charge in [-0.1, -0.05) is 18.2 Å². The molecule has 1 aliphatic heterocycles. The summed E-state index contributed by atoms with van der Waals surface area (Å²) in [5.74, 6) is -0.820. The van der Waals surface area contributed by atoms with Crippen LogP contribution in [0, 0.1) is 13.8 Å². The van der Waals surface area contributed by atoms with Crippen LogP contribution in [0.5, 0.6) is 0 Å². The highest BCUT2D eigenvalue weighted by Gasteiger charge is 2.36. The molecule has 0 N–H and O–H groups in total. The predicted octanol–water partition coefficient (Wildman–Crippen LogP) is 2.41.